The first-order valence-electron chi connectivity index (χ1n) is 8.79. The van der Waals surface area contributed by atoms with Gasteiger partial charge in [0.2, 0.25) is 0 Å². The van der Waals surface area contributed by atoms with Crippen molar-refractivity contribution in [3.63, 3.8) is 0 Å². The average molecular weight is 386 g/mol. The normalized spacial score (nSPS) is 13.2. The van der Waals surface area contributed by atoms with Gasteiger partial charge in [-0.15, -0.1) is 0 Å². The SMILES string of the molecule is COc1ccc(C(NC(C)c2ccc(F)c(F)c2)c2cc(N)ccc2F)cc1. The maximum atomic E-state index is 14.6. The van der Waals surface area contributed by atoms with Crippen molar-refractivity contribution in [2.75, 3.05) is 12.8 Å². The lowest BCUT2D eigenvalue weighted by Gasteiger charge is -2.25. The Morgan fingerprint density at radius 1 is 0.821 bits per heavy atom. The summed E-state index contributed by atoms with van der Waals surface area (Å²) in [7, 11) is 1.56. The van der Waals surface area contributed by atoms with Crippen LogP contribution >= 0.6 is 0 Å². The fourth-order valence-electron chi connectivity index (χ4n) is 3.07. The summed E-state index contributed by atoms with van der Waals surface area (Å²) >= 11 is 0. The van der Waals surface area contributed by atoms with Crippen LogP contribution in [0, 0.1) is 17.5 Å². The zero-order valence-corrected chi connectivity index (χ0v) is 15.5. The summed E-state index contributed by atoms with van der Waals surface area (Å²) in [6, 6.07) is 14.3. The molecule has 0 spiro atoms. The molecule has 3 N–H and O–H groups in total. The molecule has 2 atom stereocenters. The molecule has 0 fully saturated rings. The summed E-state index contributed by atoms with van der Waals surface area (Å²) in [4.78, 5) is 0. The van der Waals surface area contributed by atoms with E-state index >= 15 is 0 Å². The van der Waals surface area contributed by atoms with Crippen molar-refractivity contribution in [3.05, 3.63) is 94.8 Å². The fourth-order valence-corrected chi connectivity index (χ4v) is 3.07. The molecule has 0 saturated carbocycles. The van der Waals surface area contributed by atoms with E-state index in [0.29, 0.717) is 22.6 Å². The van der Waals surface area contributed by atoms with E-state index in [-0.39, 0.29) is 6.04 Å². The first-order chi connectivity index (χ1) is 13.4. The molecule has 2 unspecified atom stereocenters. The van der Waals surface area contributed by atoms with Crippen LogP contribution in [0.5, 0.6) is 5.75 Å². The highest BCUT2D eigenvalue weighted by molar-refractivity contribution is 5.46. The van der Waals surface area contributed by atoms with Crippen LogP contribution in [-0.2, 0) is 0 Å². The summed E-state index contributed by atoms with van der Waals surface area (Å²) in [6.45, 7) is 1.80. The van der Waals surface area contributed by atoms with E-state index in [1.165, 1.54) is 18.2 Å². The number of nitrogens with one attached hydrogen (secondary N) is 1. The van der Waals surface area contributed by atoms with Crippen LogP contribution in [0.2, 0.25) is 0 Å². The smallest absolute Gasteiger partial charge is 0.159 e. The number of rotatable bonds is 6. The lowest BCUT2D eigenvalue weighted by molar-refractivity contribution is 0.414. The fraction of sp³-hybridized carbons (Fsp3) is 0.182. The van der Waals surface area contributed by atoms with E-state index in [0.717, 1.165) is 17.7 Å². The van der Waals surface area contributed by atoms with E-state index in [2.05, 4.69) is 5.32 Å². The first kappa shape index (κ1) is 19.8. The number of hydrogen-bond donors (Lipinski definition) is 2. The Kier molecular flexibility index (Phi) is 5.90. The van der Waals surface area contributed by atoms with Gasteiger partial charge in [-0.25, -0.2) is 13.2 Å². The minimum absolute atomic E-state index is 0.361. The van der Waals surface area contributed by atoms with Crippen LogP contribution in [-0.4, -0.2) is 7.11 Å². The Bertz CT molecular complexity index is 960. The molecule has 3 aromatic rings. The highest BCUT2D eigenvalue weighted by Crippen LogP contribution is 2.30. The summed E-state index contributed by atoms with van der Waals surface area (Å²) in [5.74, 6) is -1.59. The third-order valence-electron chi connectivity index (χ3n) is 4.64. The molecule has 0 bridgehead atoms. The summed E-state index contributed by atoms with van der Waals surface area (Å²) in [5.41, 5.74) is 7.97. The molecule has 0 aromatic heterocycles. The Labute approximate surface area is 162 Å². The second-order valence-electron chi connectivity index (χ2n) is 6.55. The molecule has 0 aliphatic heterocycles. The predicted molar refractivity (Wildman–Crippen MR) is 104 cm³/mol. The van der Waals surface area contributed by atoms with E-state index in [4.69, 9.17) is 10.5 Å². The van der Waals surface area contributed by atoms with E-state index in [1.54, 1.807) is 32.2 Å². The number of ether oxygens (including phenoxy) is 1. The van der Waals surface area contributed by atoms with Gasteiger partial charge in [0, 0.05) is 17.3 Å². The summed E-state index contributed by atoms with van der Waals surface area (Å²) < 4.78 is 46.7. The van der Waals surface area contributed by atoms with Gasteiger partial charge in [0.05, 0.1) is 13.2 Å². The van der Waals surface area contributed by atoms with Crippen molar-refractivity contribution >= 4 is 5.69 Å². The van der Waals surface area contributed by atoms with E-state index in [1.807, 2.05) is 12.1 Å². The molecule has 28 heavy (non-hydrogen) atoms. The Morgan fingerprint density at radius 2 is 1.46 bits per heavy atom. The number of nitrogen functional groups attached to an aromatic ring is 1. The summed E-state index contributed by atoms with van der Waals surface area (Å²) in [5, 5.41) is 3.29. The number of halogens is 3. The maximum absolute atomic E-state index is 14.6. The topological polar surface area (TPSA) is 47.3 Å². The molecule has 6 heteroatoms. The van der Waals surface area contributed by atoms with Gasteiger partial charge in [0.25, 0.3) is 0 Å². The van der Waals surface area contributed by atoms with Gasteiger partial charge in [-0.05, 0) is 60.5 Å². The zero-order chi connectivity index (χ0) is 20.3. The molecule has 3 aromatic carbocycles. The Morgan fingerprint density at radius 3 is 2.11 bits per heavy atom. The van der Waals surface area contributed by atoms with Crippen molar-refractivity contribution < 1.29 is 17.9 Å². The van der Waals surface area contributed by atoms with Gasteiger partial charge < -0.3 is 10.5 Å². The maximum Gasteiger partial charge on any atom is 0.159 e. The lowest BCUT2D eigenvalue weighted by atomic mass is 9.95. The molecule has 0 saturated heterocycles. The second-order valence-corrected chi connectivity index (χ2v) is 6.55. The van der Waals surface area contributed by atoms with Crippen molar-refractivity contribution in [1.29, 1.82) is 0 Å². The molecule has 0 heterocycles. The molecule has 0 radical (unpaired) electrons. The number of hydrogen-bond acceptors (Lipinski definition) is 3. The van der Waals surface area contributed by atoms with Gasteiger partial charge in [-0.3, -0.25) is 5.32 Å². The monoisotopic (exact) mass is 386 g/mol. The standard InChI is InChI=1S/C22H21F3N2O/c1-13(15-5-9-20(24)21(25)11-15)27-22(14-3-7-17(28-2)8-4-14)18-12-16(26)6-10-19(18)23/h3-13,22,27H,26H2,1-2H3. The van der Waals surface area contributed by atoms with Crippen LogP contribution in [0.3, 0.4) is 0 Å². The average Bonchev–Trinajstić information content (AvgIpc) is 2.70. The molecule has 146 valence electrons. The number of anilines is 1. The molecule has 3 nitrogen and oxygen atoms in total. The summed E-state index contributed by atoms with van der Waals surface area (Å²) in [6.07, 6.45) is 0. The number of benzene rings is 3. The first-order valence-corrected chi connectivity index (χ1v) is 8.79. The zero-order valence-electron chi connectivity index (χ0n) is 15.5. The van der Waals surface area contributed by atoms with Gasteiger partial charge in [0.1, 0.15) is 11.6 Å². The molecule has 0 aliphatic carbocycles. The predicted octanol–water partition coefficient (Wildman–Crippen LogP) is 5.13. The number of methoxy groups -OCH3 is 1. The highest BCUT2D eigenvalue weighted by atomic mass is 19.2. The third-order valence-corrected chi connectivity index (χ3v) is 4.64. The van der Waals surface area contributed by atoms with Gasteiger partial charge in [0.15, 0.2) is 11.6 Å². The van der Waals surface area contributed by atoms with E-state index < -0.39 is 23.5 Å². The van der Waals surface area contributed by atoms with Crippen LogP contribution in [0.1, 0.15) is 35.7 Å². The van der Waals surface area contributed by atoms with Crippen molar-refractivity contribution in [3.8, 4) is 5.75 Å². The van der Waals surface area contributed by atoms with Gasteiger partial charge in [-0.1, -0.05) is 18.2 Å². The molecular formula is C22H21F3N2O. The van der Waals surface area contributed by atoms with Gasteiger partial charge >= 0.3 is 0 Å². The number of nitrogens with two attached hydrogens (primary N) is 1. The lowest BCUT2D eigenvalue weighted by Crippen LogP contribution is -2.26. The quantitative estimate of drug-likeness (QED) is 0.577. The Hall–Kier alpha value is -2.99. The van der Waals surface area contributed by atoms with E-state index in [9.17, 15) is 13.2 Å². The molecular weight excluding hydrogens is 365 g/mol. The minimum Gasteiger partial charge on any atom is -0.497 e. The molecule has 3 rings (SSSR count). The van der Waals surface area contributed by atoms with Crippen LogP contribution in [0.4, 0.5) is 18.9 Å². The largest absolute Gasteiger partial charge is 0.497 e. The Balaban J connectivity index is 1.99. The van der Waals surface area contributed by atoms with Crippen LogP contribution < -0.4 is 15.8 Å². The van der Waals surface area contributed by atoms with Crippen molar-refractivity contribution in [1.82, 2.24) is 5.32 Å². The van der Waals surface area contributed by atoms with Gasteiger partial charge in [-0.2, -0.15) is 0 Å². The molecule has 0 aliphatic rings. The highest BCUT2D eigenvalue weighted by Gasteiger charge is 2.21. The second kappa shape index (κ2) is 8.35. The van der Waals surface area contributed by atoms with Crippen molar-refractivity contribution in [2.24, 2.45) is 0 Å². The van der Waals surface area contributed by atoms with Crippen molar-refractivity contribution in [2.45, 2.75) is 19.0 Å². The minimum atomic E-state index is -0.928. The van der Waals surface area contributed by atoms with Crippen LogP contribution in [0.25, 0.3) is 0 Å². The molecule has 0 amide bonds. The van der Waals surface area contributed by atoms with Crippen LogP contribution in [0.15, 0.2) is 60.7 Å². The third kappa shape index (κ3) is 4.28.